The number of carbonyl (C=O) groups excluding carboxylic acids is 1. The van der Waals surface area contributed by atoms with Gasteiger partial charge < -0.3 is 18.8 Å². The molecule has 0 N–H and O–H groups in total. The van der Waals surface area contributed by atoms with Crippen molar-refractivity contribution < 1.29 is 18.7 Å². The number of ether oxygens (including phenoxy) is 2. The van der Waals surface area contributed by atoms with Crippen molar-refractivity contribution in [3.05, 3.63) is 40.8 Å². The smallest absolute Gasteiger partial charge is 0.410 e. The van der Waals surface area contributed by atoms with E-state index in [2.05, 4.69) is 0 Å². The lowest BCUT2D eigenvalue weighted by molar-refractivity contribution is 0.0348. The number of carbonyl (C=O) groups is 1. The van der Waals surface area contributed by atoms with Gasteiger partial charge in [-0.1, -0.05) is 0 Å². The van der Waals surface area contributed by atoms with Crippen molar-refractivity contribution in [1.82, 2.24) is 4.90 Å². The molecule has 1 aromatic heterocycles. The lowest BCUT2D eigenvalue weighted by Crippen LogP contribution is -2.49. The molecule has 2 aliphatic heterocycles. The fourth-order valence-corrected chi connectivity index (χ4v) is 4.16. The summed E-state index contributed by atoms with van der Waals surface area (Å²) >= 11 is 11.3. The van der Waals surface area contributed by atoms with E-state index in [0.29, 0.717) is 11.3 Å². The summed E-state index contributed by atoms with van der Waals surface area (Å²) in [7, 11) is 0. The number of hydrogen-bond donors (Lipinski definition) is 0. The third-order valence-corrected chi connectivity index (χ3v) is 5.38. The van der Waals surface area contributed by atoms with Crippen LogP contribution in [0, 0.1) is 0 Å². The molecule has 2 bridgehead atoms. The summed E-state index contributed by atoms with van der Waals surface area (Å²) in [6.45, 7) is -0.0138. The topological polar surface area (TPSA) is 69.0 Å². The molecule has 8 heteroatoms. The van der Waals surface area contributed by atoms with Crippen molar-refractivity contribution in [3.8, 4) is 5.75 Å². The number of halogens is 2. The van der Waals surface area contributed by atoms with Gasteiger partial charge in [0.1, 0.15) is 28.9 Å². The number of nitrogens with zero attached hydrogens (tertiary/aromatic N) is 1. The van der Waals surface area contributed by atoms with Gasteiger partial charge in [-0.3, -0.25) is 0 Å². The Bertz CT molecular complexity index is 885. The third-order valence-electron chi connectivity index (χ3n) is 5.13. The van der Waals surface area contributed by atoms with Crippen LogP contribution in [0.25, 0.3) is 11.0 Å². The zero-order valence-electron chi connectivity index (χ0n) is 14.5. The number of alkyl halides is 2. The van der Waals surface area contributed by atoms with Crippen LogP contribution in [0.5, 0.6) is 5.75 Å². The predicted molar refractivity (Wildman–Crippen MR) is 102 cm³/mol. The molecule has 3 atom stereocenters. The Balaban J connectivity index is 1.43. The monoisotopic (exact) mass is 411 g/mol. The molecule has 6 nitrogen and oxygen atoms in total. The van der Waals surface area contributed by atoms with Crippen molar-refractivity contribution in [2.24, 2.45) is 0 Å². The second kappa shape index (κ2) is 7.60. The Morgan fingerprint density at radius 1 is 1.19 bits per heavy atom. The van der Waals surface area contributed by atoms with Crippen LogP contribution in [0.15, 0.2) is 39.5 Å². The standard InChI is InChI=1S/C19H19Cl2NO5/c20-17(21)10-25-19(24)22-12-3-4-13(22)8-15(7-12)26-14-5-1-11-2-6-18(23)27-16(11)9-14/h1-2,5-6,9,12-13,15,17H,3-4,7-8,10H2/t12-,13+,15?. The second-order valence-electron chi connectivity index (χ2n) is 6.93. The van der Waals surface area contributed by atoms with Gasteiger partial charge in [0.25, 0.3) is 0 Å². The van der Waals surface area contributed by atoms with Crippen LogP contribution in [0.4, 0.5) is 4.79 Å². The van der Waals surface area contributed by atoms with Crippen LogP contribution in [-0.4, -0.2) is 40.6 Å². The highest BCUT2D eigenvalue weighted by atomic mass is 35.5. The van der Waals surface area contributed by atoms with E-state index in [0.717, 1.165) is 31.1 Å². The molecule has 1 unspecified atom stereocenters. The average Bonchev–Trinajstić information content (AvgIpc) is 2.90. The molecular formula is C19H19Cl2NO5. The van der Waals surface area contributed by atoms with Crippen LogP contribution < -0.4 is 10.4 Å². The quantitative estimate of drug-likeness (QED) is 0.559. The minimum atomic E-state index is -0.722. The van der Waals surface area contributed by atoms with E-state index in [4.69, 9.17) is 37.1 Å². The van der Waals surface area contributed by atoms with E-state index in [1.165, 1.54) is 6.07 Å². The molecule has 0 spiro atoms. The summed E-state index contributed by atoms with van der Waals surface area (Å²) in [4.78, 5) is 24.8. The summed E-state index contributed by atoms with van der Waals surface area (Å²) < 4.78 is 16.5. The first-order valence-electron chi connectivity index (χ1n) is 8.93. The summed E-state index contributed by atoms with van der Waals surface area (Å²) in [5, 5.41) is 0.844. The molecular weight excluding hydrogens is 393 g/mol. The molecule has 0 aliphatic carbocycles. The molecule has 2 saturated heterocycles. The molecule has 0 radical (unpaired) electrons. The van der Waals surface area contributed by atoms with Gasteiger partial charge in [0.15, 0.2) is 0 Å². The van der Waals surface area contributed by atoms with Gasteiger partial charge in [-0.05, 0) is 31.0 Å². The van der Waals surface area contributed by atoms with Crippen LogP contribution in [-0.2, 0) is 4.74 Å². The molecule has 2 aromatic rings. The van der Waals surface area contributed by atoms with Gasteiger partial charge in [-0.15, -0.1) is 23.2 Å². The van der Waals surface area contributed by atoms with Gasteiger partial charge in [-0.2, -0.15) is 0 Å². The number of rotatable bonds is 4. The Labute approximate surface area is 165 Å². The van der Waals surface area contributed by atoms with E-state index in [1.54, 1.807) is 17.0 Å². The second-order valence-corrected chi connectivity index (χ2v) is 8.20. The SMILES string of the molecule is O=C(OCC(Cl)Cl)N1[C@@H]2CC[C@H]1CC(Oc1ccc3ccc(=O)oc3c1)C2. The molecule has 0 saturated carbocycles. The first-order valence-corrected chi connectivity index (χ1v) is 9.80. The Hall–Kier alpha value is -1.92. The van der Waals surface area contributed by atoms with Crippen LogP contribution in [0.1, 0.15) is 25.7 Å². The average molecular weight is 412 g/mol. The Kier molecular flexibility index (Phi) is 5.19. The normalized spacial score (nSPS) is 24.4. The van der Waals surface area contributed by atoms with Crippen molar-refractivity contribution in [3.63, 3.8) is 0 Å². The number of hydrogen-bond acceptors (Lipinski definition) is 5. The van der Waals surface area contributed by atoms with Crippen LogP contribution in [0.3, 0.4) is 0 Å². The van der Waals surface area contributed by atoms with E-state index in [-0.39, 0.29) is 36.5 Å². The molecule has 4 rings (SSSR count). The van der Waals surface area contributed by atoms with E-state index < -0.39 is 4.84 Å². The maximum atomic E-state index is 12.3. The van der Waals surface area contributed by atoms with Gasteiger partial charge in [0.2, 0.25) is 0 Å². The zero-order chi connectivity index (χ0) is 19.0. The number of benzene rings is 1. The summed E-state index contributed by atoms with van der Waals surface area (Å²) in [6, 6.07) is 8.76. The minimum Gasteiger partial charge on any atom is -0.490 e. The van der Waals surface area contributed by atoms with Crippen molar-refractivity contribution in [2.75, 3.05) is 6.61 Å². The zero-order valence-corrected chi connectivity index (χ0v) is 16.0. The minimum absolute atomic E-state index is 0.00626. The van der Waals surface area contributed by atoms with Crippen LogP contribution >= 0.6 is 23.2 Å². The Morgan fingerprint density at radius 3 is 2.59 bits per heavy atom. The van der Waals surface area contributed by atoms with Crippen molar-refractivity contribution in [1.29, 1.82) is 0 Å². The molecule has 1 aromatic carbocycles. The molecule has 1 amide bonds. The third kappa shape index (κ3) is 4.01. The fourth-order valence-electron chi connectivity index (χ4n) is 4.04. The van der Waals surface area contributed by atoms with E-state index in [1.807, 2.05) is 12.1 Å². The first kappa shape index (κ1) is 18.4. The van der Waals surface area contributed by atoms with Gasteiger partial charge in [-0.25, -0.2) is 9.59 Å². The van der Waals surface area contributed by atoms with Crippen molar-refractivity contribution in [2.45, 2.75) is 48.7 Å². The maximum absolute atomic E-state index is 12.3. The van der Waals surface area contributed by atoms with Gasteiger partial charge in [0, 0.05) is 42.4 Å². The highest BCUT2D eigenvalue weighted by Crippen LogP contribution is 2.38. The lowest BCUT2D eigenvalue weighted by atomic mass is 10.00. The fraction of sp³-hybridized carbons (Fsp3) is 0.474. The largest absolute Gasteiger partial charge is 0.490 e. The Morgan fingerprint density at radius 2 is 1.89 bits per heavy atom. The van der Waals surface area contributed by atoms with E-state index >= 15 is 0 Å². The van der Waals surface area contributed by atoms with Gasteiger partial charge >= 0.3 is 11.7 Å². The summed E-state index contributed by atoms with van der Waals surface area (Å²) in [5.74, 6) is 0.657. The van der Waals surface area contributed by atoms with Gasteiger partial charge in [0.05, 0.1) is 0 Å². The predicted octanol–water partition coefficient (Wildman–Crippen LogP) is 4.11. The molecule has 2 fully saturated rings. The maximum Gasteiger partial charge on any atom is 0.410 e. The molecule has 27 heavy (non-hydrogen) atoms. The highest BCUT2D eigenvalue weighted by molar-refractivity contribution is 6.44. The summed E-state index contributed by atoms with van der Waals surface area (Å²) in [5.41, 5.74) is 0.112. The van der Waals surface area contributed by atoms with Crippen LogP contribution in [0.2, 0.25) is 0 Å². The number of piperidine rings is 1. The van der Waals surface area contributed by atoms with Crippen molar-refractivity contribution >= 4 is 40.3 Å². The van der Waals surface area contributed by atoms with E-state index in [9.17, 15) is 9.59 Å². The lowest BCUT2D eigenvalue weighted by Gasteiger charge is -2.38. The highest BCUT2D eigenvalue weighted by Gasteiger charge is 2.45. The first-order chi connectivity index (χ1) is 13.0. The molecule has 2 aliphatic rings. The molecule has 3 heterocycles. The number of fused-ring (bicyclic) bond motifs is 3. The molecule has 144 valence electrons. The number of amides is 1. The summed E-state index contributed by atoms with van der Waals surface area (Å²) in [6.07, 6.45) is 2.95.